The fourth-order valence-electron chi connectivity index (χ4n) is 3.83. The maximum atomic E-state index is 11.6. The molecule has 162 valence electrons. The van der Waals surface area contributed by atoms with Crippen molar-refractivity contribution in [3.05, 3.63) is 31.9 Å². The Balaban J connectivity index is 1.95. The van der Waals surface area contributed by atoms with E-state index in [0.29, 0.717) is 0 Å². The predicted molar refractivity (Wildman–Crippen MR) is 135 cm³/mol. The molecule has 0 radical (unpaired) electrons. The van der Waals surface area contributed by atoms with Crippen molar-refractivity contribution in [1.29, 1.82) is 0 Å². The summed E-state index contributed by atoms with van der Waals surface area (Å²) in [6.07, 6.45) is 19.0. The molecule has 0 fully saturated rings. The van der Waals surface area contributed by atoms with Gasteiger partial charge in [-0.1, -0.05) is 78.1 Å². The average molecular weight is 498 g/mol. The van der Waals surface area contributed by atoms with Crippen molar-refractivity contribution in [2.45, 2.75) is 104 Å². The fourth-order valence-corrected chi connectivity index (χ4v) is 6.69. The molecule has 2 heterocycles. The maximum absolute atomic E-state index is 11.6. The second-order valence-corrected chi connectivity index (χ2v) is 11.6. The summed E-state index contributed by atoms with van der Waals surface area (Å²) in [6.45, 7) is 4.53. The first-order valence-electron chi connectivity index (χ1n) is 11.6. The third-order valence-corrected chi connectivity index (χ3v) is 8.51. The highest BCUT2D eigenvalue weighted by molar-refractivity contribution is 9.11. The Labute approximate surface area is 194 Å². The van der Waals surface area contributed by atoms with E-state index in [9.17, 15) is 4.79 Å². The number of thiophene rings is 2. The molecule has 0 bridgehead atoms. The molecule has 4 heteroatoms. The number of halogens is 1. The second-order valence-electron chi connectivity index (χ2n) is 8.06. The van der Waals surface area contributed by atoms with Gasteiger partial charge in [-0.25, -0.2) is 0 Å². The number of rotatable bonds is 16. The van der Waals surface area contributed by atoms with Gasteiger partial charge in [0.05, 0.1) is 8.66 Å². The molecule has 2 aromatic rings. The topological polar surface area (TPSA) is 17.1 Å². The zero-order valence-electron chi connectivity index (χ0n) is 18.2. The van der Waals surface area contributed by atoms with E-state index in [1.165, 1.54) is 102 Å². The molecule has 1 nitrogen and oxygen atoms in total. The van der Waals surface area contributed by atoms with Crippen LogP contribution >= 0.6 is 38.6 Å². The highest BCUT2D eigenvalue weighted by Crippen LogP contribution is 2.41. The fraction of sp³-hybridized carbons (Fsp3) is 0.640. The summed E-state index contributed by atoms with van der Waals surface area (Å²) >= 11 is 7.20. The van der Waals surface area contributed by atoms with Crippen LogP contribution in [0.1, 0.15) is 112 Å². The molecule has 0 aromatic carbocycles. The molecule has 0 N–H and O–H groups in total. The lowest BCUT2D eigenvalue weighted by Crippen LogP contribution is -1.88. The van der Waals surface area contributed by atoms with Crippen LogP contribution in [-0.4, -0.2) is 6.29 Å². The molecule has 0 atom stereocenters. The molecule has 0 aliphatic carbocycles. The first-order valence-corrected chi connectivity index (χ1v) is 14.0. The van der Waals surface area contributed by atoms with Crippen LogP contribution in [0.15, 0.2) is 15.9 Å². The lowest BCUT2D eigenvalue weighted by Gasteiger charge is -2.03. The summed E-state index contributed by atoms with van der Waals surface area (Å²) in [7, 11) is 0. The van der Waals surface area contributed by atoms with Crippen LogP contribution in [-0.2, 0) is 12.8 Å². The minimum absolute atomic E-state index is 0.934. The summed E-state index contributed by atoms with van der Waals surface area (Å²) in [5, 5.41) is 0. The Morgan fingerprint density at radius 2 is 1.31 bits per heavy atom. The first kappa shape index (κ1) is 24.8. The number of carbonyl (C=O) groups is 1. The van der Waals surface area contributed by atoms with Crippen LogP contribution in [0.3, 0.4) is 0 Å². The molecular weight excluding hydrogens is 460 g/mol. The number of unbranched alkanes of at least 4 members (excludes halogenated alkanes) is 10. The summed E-state index contributed by atoms with van der Waals surface area (Å²) in [4.78, 5) is 15.2. The quantitative estimate of drug-likeness (QED) is 0.167. The van der Waals surface area contributed by atoms with Gasteiger partial charge in [-0.05, 0) is 64.9 Å². The lowest BCUT2D eigenvalue weighted by atomic mass is 10.0. The molecule has 0 saturated carbocycles. The second kappa shape index (κ2) is 14.5. The van der Waals surface area contributed by atoms with E-state index < -0.39 is 0 Å². The molecule has 0 unspecified atom stereocenters. The van der Waals surface area contributed by atoms with Crippen molar-refractivity contribution < 1.29 is 4.79 Å². The van der Waals surface area contributed by atoms with Crippen molar-refractivity contribution in [2.24, 2.45) is 0 Å². The SMILES string of the molecule is CCCCCCCCc1cc(-c2sc(Br)cc2CCCCCCCC)sc1C=O. The van der Waals surface area contributed by atoms with Gasteiger partial charge in [-0.3, -0.25) is 4.79 Å². The van der Waals surface area contributed by atoms with Gasteiger partial charge in [0.1, 0.15) is 0 Å². The number of aryl methyl sites for hydroxylation is 2. The van der Waals surface area contributed by atoms with E-state index in [2.05, 4.69) is 41.9 Å². The minimum atomic E-state index is 0.934. The smallest absolute Gasteiger partial charge is 0.160 e. The van der Waals surface area contributed by atoms with E-state index >= 15 is 0 Å². The van der Waals surface area contributed by atoms with Gasteiger partial charge in [0.25, 0.3) is 0 Å². The van der Waals surface area contributed by atoms with Crippen LogP contribution in [0.2, 0.25) is 0 Å². The Morgan fingerprint density at radius 3 is 1.90 bits per heavy atom. The van der Waals surface area contributed by atoms with Crippen LogP contribution in [0.25, 0.3) is 9.75 Å². The third kappa shape index (κ3) is 8.67. The predicted octanol–water partition coefficient (Wildman–Crippen LogP) is 9.86. The average Bonchev–Trinajstić information content (AvgIpc) is 3.30. The number of aldehydes is 1. The van der Waals surface area contributed by atoms with Crippen molar-refractivity contribution in [2.75, 3.05) is 0 Å². The Morgan fingerprint density at radius 1 is 0.759 bits per heavy atom. The molecule has 2 rings (SSSR count). The van der Waals surface area contributed by atoms with Gasteiger partial charge in [0.15, 0.2) is 6.29 Å². The monoisotopic (exact) mass is 496 g/mol. The van der Waals surface area contributed by atoms with Gasteiger partial charge >= 0.3 is 0 Å². The largest absolute Gasteiger partial charge is 0.297 e. The van der Waals surface area contributed by atoms with Gasteiger partial charge in [0.2, 0.25) is 0 Å². The highest BCUT2D eigenvalue weighted by atomic mass is 79.9. The Hall–Kier alpha value is -0.450. The molecule has 0 aliphatic heterocycles. The van der Waals surface area contributed by atoms with Gasteiger partial charge < -0.3 is 0 Å². The molecule has 29 heavy (non-hydrogen) atoms. The van der Waals surface area contributed by atoms with E-state index in [-0.39, 0.29) is 0 Å². The standard InChI is InChI=1S/C25H37BrOS2/c1-3-5-7-9-11-13-15-20-17-22(28-23(20)19-27)25-21(18-24(26)29-25)16-14-12-10-8-6-4-2/h17-19H,3-16H2,1-2H3. The summed E-state index contributed by atoms with van der Waals surface area (Å²) < 4.78 is 1.20. The lowest BCUT2D eigenvalue weighted by molar-refractivity contribution is 0.112. The third-order valence-electron chi connectivity index (χ3n) is 5.55. The van der Waals surface area contributed by atoms with Crippen LogP contribution in [0.5, 0.6) is 0 Å². The molecule has 0 spiro atoms. The van der Waals surface area contributed by atoms with Gasteiger partial charge in [-0.2, -0.15) is 0 Å². The molecule has 0 amide bonds. The zero-order chi connectivity index (χ0) is 20.9. The van der Waals surface area contributed by atoms with Crippen LogP contribution in [0, 0.1) is 0 Å². The molecule has 0 aliphatic rings. The number of hydrogen-bond donors (Lipinski definition) is 0. The Bertz CT molecular complexity index is 716. The number of hydrogen-bond acceptors (Lipinski definition) is 3. The van der Waals surface area contributed by atoms with Crippen LogP contribution in [0.4, 0.5) is 0 Å². The van der Waals surface area contributed by atoms with E-state index in [0.717, 1.165) is 24.0 Å². The first-order chi connectivity index (χ1) is 14.2. The molecule has 2 aromatic heterocycles. The van der Waals surface area contributed by atoms with Crippen molar-refractivity contribution in [3.63, 3.8) is 0 Å². The zero-order valence-corrected chi connectivity index (χ0v) is 21.5. The van der Waals surface area contributed by atoms with Gasteiger partial charge in [-0.15, -0.1) is 22.7 Å². The normalized spacial score (nSPS) is 11.3. The minimum Gasteiger partial charge on any atom is -0.297 e. The van der Waals surface area contributed by atoms with E-state index in [1.807, 2.05) is 11.3 Å². The highest BCUT2D eigenvalue weighted by Gasteiger charge is 2.15. The molecule has 0 saturated heterocycles. The summed E-state index contributed by atoms with van der Waals surface area (Å²) in [5.41, 5.74) is 2.70. The van der Waals surface area contributed by atoms with Crippen LogP contribution < -0.4 is 0 Å². The van der Waals surface area contributed by atoms with Crippen molar-refractivity contribution in [3.8, 4) is 9.75 Å². The Kier molecular flexibility index (Phi) is 12.4. The summed E-state index contributed by atoms with van der Waals surface area (Å²) in [5.74, 6) is 0. The van der Waals surface area contributed by atoms with E-state index in [1.54, 1.807) is 11.3 Å². The van der Waals surface area contributed by atoms with Crippen molar-refractivity contribution in [1.82, 2.24) is 0 Å². The maximum Gasteiger partial charge on any atom is 0.160 e. The van der Waals surface area contributed by atoms with Gasteiger partial charge in [0, 0.05) is 9.75 Å². The molecular formula is C25H37BrOS2. The summed E-state index contributed by atoms with van der Waals surface area (Å²) in [6, 6.07) is 4.59. The number of carbonyl (C=O) groups excluding carboxylic acids is 1. The van der Waals surface area contributed by atoms with E-state index in [4.69, 9.17) is 0 Å². The van der Waals surface area contributed by atoms with Crippen molar-refractivity contribution >= 4 is 44.9 Å².